The van der Waals surface area contributed by atoms with Crippen molar-refractivity contribution in [2.24, 2.45) is 0 Å². The molecule has 1 atom stereocenters. The third-order valence-corrected chi connectivity index (χ3v) is 4.13. The third-order valence-electron chi connectivity index (χ3n) is 2.45. The molecule has 82 valence electrons. The van der Waals surface area contributed by atoms with E-state index in [0.29, 0.717) is 13.1 Å². The number of amides is 1. The molecule has 1 amide bonds. The van der Waals surface area contributed by atoms with Gasteiger partial charge in [0.2, 0.25) is 5.91 Å². The summed E-state index contributed by atoms with van der Waals surface area (Å²) in [5.74, 6) is 0.0677. The SMILES string of the molecule is O=C1CC(O)CN1CCc1ccc(Br)s1. The lowest BCUT2D eigenvalue weighted by Gasteiger charge is -2.14. The summed E-state index contributed by atoms with van der Waals surface area (Å²) in [4.78, 5) is 14.4. The van der Waals surface area contributed by atoms with Gasteiger partial charge in [0.05, 0.1) is 16.3 Å². The fraction of sp³-hybridized carbons (Fsp3) is 0.500. The van der Waals surface area contributed by atoms with E-state index in [9.17, 15) is 9.90 Å². The fourth-order valence-corrected chi connectivity index (χ4v) is 3.17. The lowest BCUT2D eigenvalue weighted by Crippen LogP contribution is -2.27. The van der Waals surface area contributed by atoms with Gasteiger partial charge in [0.25, 0.3) is 0 Å². The van der Waals surface area contributed by atoms with Crippen LogP contribution in [-0.2, 0) is 11.2 Å². The monoisotopic (exact) mass is 289 g/mol. The van der Waals surface area contributed by atoms with Crippen molar-refractivity contribution in [1.29, 1.82) is 0 Å². The second-order valence-electron chi connectivity index (χ2n) is 3.65. The molecule has 1 N–H and O–H groups in total. The summed E-state index contributed by atoms with van der Waals surface area (Å²) in [6, 6.07) is 4.08. The molecule has 1 aliphatic rings. The van der Waals surface area contributed by atoms with E-state index in [0.717, 1.165) is 10.2 Å². The van der Waals surface area contributed by atoms with Crippen LogP contribution in [0.15, 0.2) is 15.9 Å². The molecule has 0 aromatic carbocycles. The molecule has 15 heavy (non-hydrogen) atoms. The minimum Gasteiger partial charge on any atom is -0.391 e. The molecule has 2 rings (SSSR count). The molecule has 1 aliphatic heterocycles. The molecule has 5 heteroatoms. The first-order chi connectivity index (χ1) is 7.15. The van der Waals surface area contributed by atoms with Gasteiger partial charge < -0.3 is 10.0 Å². The third kappa shape index (κ3) is 2.80. The normalized spacial score (nSPS) is 21.3. The van der Waals surface area contributed by atoms with Gasteiger partial charge in [-0.05, 0) is 34.5 Å². The molecule has 0 radical (unpaired) electrons. The molecule has 1 aromatic rings. The van der Waals surface area contributed by atoms with Crippen LogP contribution in [0.1, 0.15) is 11.3 Å². The summed E-state index contributed by atoms with van der Waals surface area (Å²) in [7, 11) is 0. The molecule has 0 bridgehead atoms. The number of hydrogen-bond donors (Lipinski definition) is 1. The Balaban J connectivity index is 1.86. The number of halogens is 1. The molecule has 1 unspecified atom stereocenters. The van der Waals surface area contributed by atoms with Gasteiger partial charge >= 0.3 is 0 Å². The van der Waals surface area contributed by atoms with Gasteiger partial charge in [0.1, 0.15) is 0 Å². The zero-order chi connectivity index (χ0) is 10.8. The molecule has 1 saturated heterocycles. The van der Waals surface area contributed by atoms with Gasteiger partial charge in [-0.3, -0.25) is 4.79 Å². The van der Waals surface area contributed by atoms with Crippen LogP contribution in [0.3, 0.4) is 0 Å². The summed E-state index contributed by atoms with van der Waals surface area (Å²) in [5, 5.41) is 9.30. The lowest BCUT2D eigenvalue weighted by molar-refractivity contribution is -0.127. The summed E-state index contributed by atoms with van der Waals surface area (Å²) >= 11 is 5.09. The van der Waals surface area contributed by atoms with Crippen molar-refractivity contribution in [3.8, 4) is 0 Å². The number of aliphatic hydroxyl groups excluding tert-OH is 1. The predicted molar refractivity (Wildman–Crippen MR) is 62.9 cm³/mol. The van der Waals surface area contributed by atoms with E-state index in [1.54, 1.807) is 16.2 Å². The van der Waals surface area contributed by atoms with Gasteiger partial charge in [-0.2, -0.15) is 0 Å². The summed E-state index contributed by atoms with van der Waals surface area (Å²) in [6.07, 6.45) is 0.690. The van der Waals surface area contributed by atoms with Crippen molar-refractivity contribution >= 4 is 33.2 Å². The van der Waals surface area contributed by atoms with Gasteiger partial charge in [-0.15, -0.1) is 11.3 Å². The Morgan fingerprint density at radius 1 is 1.60 bits per heavy atom. The van der Waals surface area contributed by atoms with Gasteiger partial charge in [-0.25, -0.2) is 0 Å². The van der Waals surface area contributed by atoms with Gasteiger partial charge in [-0.1, -0.05) is 0 Å². The molecule has 3 nitrogen and oxygen atoms in total. The number of aliphatic hydroxyl groups is 1. The van der Waals surface area contributed by atoms with Crippen molar-refractivity contribution in [2.45, 2.75) is 18.9 Å². The van der Waals surface area contributed by atoms with Crippen LogP contribution in [0.2, 0.25) is 0 Å². The molecule has 1 fully saturated rings. The van der Waals surface area contributed by atoms with Crippen LogP contribution in [0.4, 0.5) is 0 Å². The van der Waals surface area contributed by atoms with Crippen LogP contribution in [-0.4, -0.2) is 35.1 Å². The number of carbonyl (C=O) groups is 1. The second-order valence-corrected chi connectivity index (χ2v) is 6.20. The van der Waals surface area contributed by atoms with Crippen molar-refractivity contribution in [2.75, 3.05) is 13.1 Å². The number of likely N-dealkylation sites (tertiary alicyclic amines) is 1. The average molecular weight is 290 g/mol. The summed E-state index contributed by atoms with van der Waals surface area (Å²) in [5.41, 5.74) is 0. The topological polar surface area (TPSA) is 40.5 Å². The minimum atomic E-state index is -0.465. The first kappa shape index (κ1) is 11.1. The van der Waals surface area contributed by atoms with Crippen molar-refractivity contribution in [3.05, 3.63) is 20.8 Å². The van der Waals surface area contributed by atoms with E-state index in [2.05, 4.69) is 22.0 Å². The molecule has 1 aromatic heterocycles. The van der Waals surface area contributed by atoms with E-state index in [1.165, 1.54) is 4.88 Å². The van der Waals surface area contributed by atoms with Crippen LogP contribution >= 0.6 is 27.3 Å². The van der Waals surface area contributed by atoms with E-state index < -0.39 is 6.10 Å². The maximum atomic E-state index is 11.4. The first-order valence-electron chi connectivity index (χ1n) is 4.85. The molecule has 0 saturated carbocycles. The Morgan fingerprint density at radius 2 is 2.40 bits per heavy atom. The number of thiophene rings is 1. The predicted octanol–water partition coefficient (Wildman–Crippen LogP) is 1.65. The number of carbonyl (C=O) groups excluding carboxylic acids is 1. The highest BCUT2D eigenvalue weighted by atomic mass is 79.9. The van der Waals surface area contributed by atoms with Crippen LogP contribution < -0.4 is 0 Å². The van der Waals surface area contributed by atoms with E-state index >= 15 is 0 Å². The standard InChI is InChI=1S/C10H12BrNO2S/c11-9-2-1-8(15-9)3-4-12-6-7(13)5-10(12)14/h1-2,7,13H,3-6H2. The molecular weight excluding hydrogens is 278 g/mol. The quantitative estimate of drug-likeness (QED) is 0.919. The van der Waals surface area contributed by atoms with Crippen molar-refractivity contribution < 1.29 is 9.90 Å². The molecule has 2 heterocycles. The lowest BCUT2D eigenvalue weighted by atomic mass is 10.3. The second kappa shape index (κ2) is 4.63. The zero-order valence-corrected chi connectivity index (χ0v) is 10.6. The highest BCUT2D eigenvalue weighted by Gasteiger charge is 2.27. The largest absolute Gasteiger partial charge is 0.391 e. The Kier molecular flexibility index (Phi) is 3.43. The first-order valence-corrected chi connectivity index (χ1v) is 6.46. The Bertz CT molecular complexity index is 366. The molecular formula is C10H12BrNO2S. The molecule has 0 spiro atoms. The zero-order valence-electron chi connectivity index (χ0n) is 8.15. The smallest absolute Gasteiger partial charge is 0.225 e. The van der Waals surface area contributed by atoms with Crippen LogP contribution in [0.5, 0.6) is 0 Å². The van der Waals surface area contributed by atoms with Crippen LogP contribution in [0.25, 0.3) is 0 Å². The maximum Gasteiger partial charge on any atom is 0.225 e. The average Bonchev–Trinajstić information content (AvgIpc) is 2.70. The van der Waals surface area contributed by atoms with Crippen molar-refractivity contribution in [3.63, 3.8) is 0 Å². The maximum absolute atomic E-state index is 11.4. The van der Waals surface area contributed by atoms with Crippen LogP contribution in [0, 0.1) is 0 Å². The molecule has 0 aliphatic carbocycles. The van der Waals surface area contributed by atoms with E-state index in [4.69, 9.17) is 0 Å². The van der Waals surface area contributed by atoms with Crippen molar-refractivity contribution in [1.82, 2.24) is 4.90 Å². The van der Waals surface area contributed by atoms with E-state index in [1.807, 2.05) is 6.07 Å². The fourth-order valence-electron chi connectivity index (χ4n) is 1.70. The minimum absolute atomic E-state index is 0.0677. The number of hydrogen-bond acceptors (Lipinski definition) is 3. The number of rotatable bonds is 3. The Hall–Kier alpha value is -0.390. The number of nitrogens with zero attached hydrogens (tertiary/aromatic N) is 1. The summed E-state index contributed by atoms with van der Waals surface area (Å²) in [6.45, 7) is 1.20. The Morgan fingerprint density at radius 3 is 2.93 bits per heavy atom. The summed E-state index contributed by atoms with van der Waals surface area (Å²) < 4.78 is 1.12. The van der Waals surface area contributed by atoms with Gasteiger partial charge in [0, 0.05) is 18.0 Å². The highest BCUT2D eigenvalue weighted by molar-refractivity contribution is 9.11. The van der Waals surface area contributed by atoms with Gasteiger partial charge in [0.15, 0.2) is 0 Å². The van der Waals surface area contributed by atoms with E-state index in [-0.39, 0.29) is 12.3 Å². The highest BCUT2D eigenvalue weighted by Crippen LogP contribution is 2.23. The number of β-amino-alcohol motifs (C(OH)–C–C–N with tert-alkyl or cyclic N) is 1. The Labute approximate surface area is 101 Å².